The summed E-state index contributed by atoms with van der Waals surface area (Å²) in [6.07, 6.45) is 3.42. The number of amides is 2. The summed E-state index contributed by atoms with van der Waals surface area (Å²) in [5, 5.41) is 6.20. The lowest BCUT2D eigenvalue weighted by Crippen LogP contribution is -2.67. The van der Waals surface area contributed by atoms with Gasteiger partial charge in [0, 0.05) is 35.4 Å². The minimum Gasteiger partial charge on any atom is -0.377 e. The van der Waals surface area contributed by atoms with Crippen LogP contribution in [-0.4, -0.2) is 31.0 Å². The number of rotatable bonds is 4. The molecule has 1 saturated heterocycles. The van der Waals surface area contributed by atoms with E-state index < -0.39 is 0 Å². The fourth-order valence-corrected chi connectivity index (χ4v) is 4.67. The Morgan fingerprint density at radius 3 is 2.96 bits per heavy atom. The van der Waals surface area contributed by atoms with E-state index in [1.54, 1.807) is 11.8 Å². The second-order valence-electron chi connectivity index (χ2n) is 7.16. The van der Waals surface area contributed by atoms with E-state index in [4.69, 9.17) is 4.74 Å². The van der Waals surface area contributed by atoms with E-state index in [-0.39, 0.29) is 17.5 Å². The highest BCUT2D eigenvalue weighted by Gasteiger charge is 2.59. The number of urea groups is 1. The quantitative estimate of drug-likeness (QED) is 0.881. The summed E-state index contributed by atoms with van der Waals surface area (Å²) >= 11 is 1.79. The number of fused-ring (bicyclic) bond motifs is 1. The molecule has 0 unspecified atom stereocenters. The molecule has 0 radical (unpaired) electrons. The molecule has 2 fully saturated rings. The number of anilines is 1. The lowest BCUT2D eigenvalue weighted by molar-refractivity contribution is -0.107. The van der Waals surface area contributed by atoms with Crippen LogP contribution < -0.4 is 10.6 Å². The molecule has 1 saturated carbocycles. The number of hydrogen-bond acceptors (Lipinski definition) is 3. The number of ether oxygens (including phenoxy) is 1. The van der Waals surface area contributed by atoms with Crippen molar-refractivity contribution in [1.29, 1.82) is 0 Å². The van der Waals surface area contributed by atoms with Crippen LogP contribution in [0, 0.1) is 18.3 Å². The molecule has 126 valence electrons. The van der Waals surface area contributed by atoms with Gasteiger partial charge in [-0.3, -0.25) is 0 Å². The summed E-state index contributed by atoms with van der Waals surface area (Å²) in [5.74, 6) is 1.42. The number of benzene rings is 1. The van der Waals surface area contributed by atoms with Crippen LogP contribution in [0.25, 0.3) is 0 Å². The minimum atomic E-state index is -0.113. The second kappa shape index (κ2) is 6.36. The zero-order valence-electron chi connectivity index (χ0n) is 14.3. The Morgan fingerprint density at radius 2 is 2.22 bits per heavy atom. The standard InChI is InChI=1S/C18H26N2O2S/c1-11-12(10-23-4)6-5-7-14(11)19-17(21)20-15-13-8-9-22-16(13)18(15,2)3/h5-7,13,15-16H,8-10H2,1-4H3,(H2,19,20,21)/t13-,15+,16+/m0/s1. The Morgan fingerprint density at radius 1 is 1.43 bits per heavy atom. The Bertz CT molecular complexity index is 603. The Labute approximate surface area is 142 Å². The third-order valence-electron chi connectivity index (χ3n) is 5.38. The van der Waals surface area contributed by atoms with Gasteiger partial charge in [0.15, 0.2) is 0 Å². The van der Waals surface area contributed by atoms with Crippen LogP contribution in [-0.2, 0) is 10.5 Å². The zero-order valence-corrected chi connectivity index (χ0v) is 15.1. The van der Waals surface area contributed by atoms with Crippen molar-refractivity contribution in [3.05, 3.63) is 29.3 Å². The smallest absolute Gasteiger partial charge is 0.319 e. The van der Waals surface area contributed by atoms with Gasteiger partial charge < -0.3 is 15.4 Å². The van der Waals surface area contributed by atoms with Gasteiger partial charge in [0.1, 0.15) is 0 Å². The van der Waals surface area contributed by atoms with E-state index in [1.807, 2.05) is 12.1 Å². The van der Waals surface area contributed by atoms with Gasteiger partial charge in [0.2, 0.25) is 0 Å². The molecule has 3 atom stereocenters. The summed E-state index contributed by atoms with van der Waals surface area (Å²) in [5.41, 5.74) is 3.31. The molecule has 1 aromatic rings. The average molecular weight is 334 g/mol. The molecular formula is C18H26N2O2S. The molecule has 5 heteroatoms. The van der Waals surface area contributed by atoms with Crippen molar-refractivity contribution in [2.75, 3.05) is 18.2 Å². The maximum Gasteiger partial charge on any atom is 0.319 e. The van der Waals surface area contributed by atoms with Gasteiger partial charge in [-0.05, 0) is 36.8 Å². The molecule has 2 amide bonds. The average Bonchev–Trinajstić information content (AvgIpc) is 2.96. The maximum absolute atomic E-state index is 12.4. The lowest BCUT2D eigenvalue weighted by atomic mass is 9.57. The predicted molar refractivity (Wildman–Crippen MR) is 96.0 cm³/mol. The molecule has 1 aliphatic heterocycles. The van der Waals surface area contributed by atoms with Gasteiger partial charge in [0.25, 0.3) is 0 Å². The van der Waals surface area contributed by atoms with Crippen LogP contribution in [0.3, 0.4) is 0 Å². The minimum absolute atomic E-state index is 0.00818. The molecule has 23 heavy (non-hydrogen) atoms. The van der Waals surface area contributed by atoms with Gasteiger partial charge in [0.05, 0.1) is 6.10 Å². The molecule has 0 aromatic heterocycles. The fourth-order valence-electron chi connectivity index (χ4n) is 4.05. The monoisotopic (exact) mass is 334 g/mol. The van der Waals surface area contributed by atoms with Crippen molar-refractivity contribution in [3.8, 4) is 0 Å². The summed E-state index contributed by atoms with van der Waals surface area (Å²) in [7, 11) is 0. The number of carbonyl (C=O) groups excluding carboxylic acids is 1. The van der Waals surface area contributed by atoms with Crippen molar-refractivity contribution < 1.29 is 9.53 Å². The lowest BCUT2D eigenvalue weighted by Gasteiger charge is -2.54. The van der Waals surface area contributed by atoms with Crippen molar-refractivity contribution in [3.63, 3.8) is 0 Å². The van der Waals surface area contributed by atoms with E-state index in [0.717, 1.165) is 30.0 Å². The first-order valence-corrected chi connectivity index (χ1v) is 9.61. The summed E-state index contributed by atoms with van der Waals surface area (Å²) < 4.78 is 5.78. The summed E-state index contributed by atoms with van der Waals surface area (Å²) in [6.45, 7) is 7.23. The molecule has 2 aliphatic rings. The number of thioether (sulfide) groups is 1. The highest BCUT2D eigenvalue weighted by Crippen LogP contribution is 2.52. The van der Waals surface area contributed by atoms with E-state index >= 15 is 0 Å². The van der Waals surface area contributed by atoms with Crippen molar-refractivity contribution in [2.24, 2.45) is 11.3 Å². The third kappa shape index (κ3) is 2.96. The molecule has 1 heterocycles. The van der Waals surface area contributed by atoms with Crippen LogP contribution >= 0.6 is 11.8 Å². The topological polar surface area (TPSA) is 50.4 Å². The van der Waals surface area contributed by atoms with E-state index in [0.29, 0.717) is 12.0 Å². The van der Waals surface area contributed by atoms with Crippen molar-refractivity contribution >= 4 is 23.5 Å². The Hall–Kier alpha value is -1.20. The van der Waals surface area contributed by atoms with Crippen LogP contribution in [0.2, 0.25) is 0 Å². The molecule has 1 aliphatic carbocycles. The molecule has 0 spiro atoms. The highest BCUT2D eigenvalue weighted by atomic mass is 32.2. The molecule has 2 N–H and O–H groups in total. The summed E-state index contributed by atoms with van der Waals surface area (Å²) in [6, 6.07) is 6.15. The van der Waals surface area contributed by atoms with Crippen LogP contribution in [0.1, 0.15) is 31.4 Å². The number of nitrogens with one attached hydrogen (secondary N) is 2. The zero-order chi connectivity index (χ0) is 16.6. The first-order chi connectivity index (χ1) is 10.9. The third-order valence-corrected chi connectivity index (χ3v) is 5.98. The highest BCUT2D eigenvalue weighted by molar-refractivity contribution is 7.97. The van der Waals surface area contributed by atoms with Crippen molar-refractivity contribution in [2.45, 2.75) is 45.1 Å². The molecule has 4 nitrogen and oxygen atoms in total. The van der Waals surface area contributed by atoms with E-state index in [1.165, 1.54) is 5.56 Å². The second-order valence-corrected chi connectivity index (χ2v) is 8.03. The van der Waals surface area contributed by atoms with Gasteiger partial charge in [-0.2, -0.15) is 11.8 Å². The van der Waals surface area contributed by atoms with Crippen molar-refractivity contribution in [1.82, 2.24) is 5.32 Å². The maximum atomic E-state index is 12.4. The van der Waals surface area contributed by atoms with Crippen LogP contribution in [0.15, 0.2) is 18.2 Å². The summed E-state index contributed by atoms with van der Waals surface area (Å²) in [4.78, 5) is 12.4. The van der Waals surface area contributed by atoms with E-state index in [9.17, 15) is 4.79 Å². The molecular weight excluding hydrogens is 308 g/mol. The SMILES string of the molecule is CSCc1cccc(NC(=O)N[C@@H]2[C@@H]3CCO[C@H]3C2(C)C)c1C. The van der Waals surface area contributed by atoms with Gasteiger partial charge >= 0.3 is 6.03 Å². The fraction of sp³-hybridized carbons (Fsp3) is 0.611. The normalized spacial score (nSPS) is 27.9. The molecule has 0 bridgehead atoms. The Kier molecular flexibility index (Phi) is 4.61. The van der Waals surface area contributed by atoms with Gasteiger partial charge in [-0.15, -0.1) is 0 Å². The van der Waals surface area contributed by atoms with Crippen LogP contribution in [0.5, 0.6) is 0 Å². The van der Waals surface area contributed by atoms with Gasteiger partial charge in [-0.1, -0.05) is 26.0 Å². The van der Waals surface area contributed by atoms with Gasteiger partial charge in [-0.25, -0.2) is 4.79 Å². The number of hydrogen-bond donors (Lipinski definition) is 2. The first kappa shape index (κ1) is 16.7. The largest absolute Gasteiger partial charge is 0.377 e. The predicted octanol–water partition coefficient (Wildman–Crippen LogP) is 3.79. The first-order valence-electron chi connectivity index (χ1n) is 8.21. The Balaban J connectivity index is 1.65. The molecule has 3 rings (SSSR count). The molecule has 1 aromatic carbocycles. The number of carbonyl (C=O) groups is 1. The van der Waals surface area contributed by atoms with E-state index in [2.05, 4.69) is 43.7 Å². The van der Waals surface area contributed by atoms with Crippen LogP contribution in [0.4, 0.5) is 10.5 Å².